The quantitative estimate of drug-likeness (QED) is 0.320. The van der Waals surface area contributed by atoms with Gasteiger partial charge in [0.2, 0.25) is 0 Å². The van der Waals surface area contributed by atoms with Crippen LogP contribution >= 0.6 is 0 Å². The maximum absolute atomic E-state index is 11.5. The van der Waals surface area contributed by atoms with E-state index in [-0.39, 0.29) is 17.9 Å². The predicted octanol–water partition coefficient (Wildman–Crippen LogP) is 5.13. The number of benzene rings is 1. The maximum Gasteiger partial charge on any atom is 0.279 e. The third-order valence-corrected chi connectivity index (χ3v) is 3.92. The summed E-state index contributed by atoms with van der Waals surface area (Å²) < 4.78 is 0. The van der Waals surface area contributed by atoms with Crippen molar-refractivity contribution in [1.82, 2.24) is 9.97 Å². The Morgan fingerprint density at radius 3 is 2.39 bits per heavy atom. The van der Waals surface area contributed by atoms with Crippen LogP contribution in [0.15, 0.2) is 55.2 Å². The number of nitro groups is 1. The van der Waals surface area contributed by atoms with Gasteiger partial charge in [0, 0.05) is 24.7 Å². The topological polar surface area (TPSA) is 118 Å². The lowest BCUT2D eigenvalue weighted by Crippen LogP contribution is -2.24. The number of aliphatic hydroxyl groups is 1. The fraction of sp³-hybridized carbons (Fsp3) is 0.286. The van der Waals surface area contributed by atoms with E-state index < -0.39 is 11.0 Å². The van der Waals surface area contributed by atoms with Crippen molar-refractivity contribution < 1.29 is 10.0 Å². The number of aliphatic hydroxyl groups excluding tert-OH is 1. The summed E-state index contributed by atoms with van der Waals surface area (Å²) in [5.41, 5.74) is 8.67. The van der Waals surface area contributed by atoms with Gasteiger partial charge in [-0.15, -0.1) is 0 Å². The molecule has 4 N–H and O–H groups in total. The van der Waals surface area contributed by atoms with Crippen LogP contribution in [0, 0.1) is 10.1 Å². The normalized spacial score (nSPS) is 10.9. The molecule has 7 heteroatoms. The molecule has 1 atom stereocenters. The largest absolute Gasteiger partial charge is 0.511 e. The third kappa shape index (κ3) is 5.17. The highest BCUT2D eigenvalue weighted by Gasteiger charge is 2.21. The molecule has 0 saturated heterocycles. The van der Waals surface area contributed by atoms with Gasteiger partial charge in [-0.05, 0) is 41.3 Å². The lowest BCUT2D eigenvalue weighted by molar-refractivity contribution is -0.383. The monoisotopic (exact) mass is 384 g/mol. The molecular formula is C21H28N4O3. The van der Waals surface area contributed by atoms with Crippen LogP contribution in [0.2, 0.25) is 0 Å². The van der Waals surface area contributed by atoms with Crippen molar-refractivity contribution >= 4 is 16.6 Å². The Kier molecular flexibility index (Phi) is 8.84. The average Bonchev–Trinajstić information content (AvgIpc) is 3.13. The molecule has 0 aliphatic heterocycles. The van der Waals surface area contributed by atoms with E-state index in [4.69, 9.17) is 5.73 Å². The summed E-state index contributed by atoms with van der Waals surface area (Å²) in [5, 5.41) is 21.4. The fourth-order valence-electron chi connectivity index (χ4n) is 2.69. The standard InChI is InChI=1S/C17H16N4O3.2C2H6/c1-10(22)14(18)6-13-9-20-15-7-12(11-2-4-19-5-3-11)8-16(17(13)15)21(23)24;2*1-2/h2-5,7-9,14,20,22H,1,6,18H2;2*1-2H3. The van der Waals surface area contributed by atoms with Crippen LogP contribution in [-0.2, 0) is 6.42 Å². The Labute approximate surface area is 165 Å². The second-order valence-corrected chi connectivity index (χ2v) is 5.53. The second kappa shape index (κ2) is 10.8. The third-order valence-electron chi connectivity index (χ3n) is 3.92. The number of pyridine rings is 1. The van der Waals surface area contributed by atoms with Crippen molar-refractivity contribution in [2.24, 2.45) is 5.73 Å². The molecule has 3 aromatic rings. The number of non-ortho nitro benzene ring substituents is 1. The summed E-state index contributed by atoms with van der Waals surface area (Å²) in [6.07, 6.45) is 5.20. The first-order valence-corrected chi connectivity index (χ1v) is 9.29. The molecule has 0 aliphatic rings. The van der Waals surface area contributed by atoms with E-state index in [1.54, 1.807) is 30.7 Å². The fourth-order valence-corrected chi connectivity index (χ4v) is 2.69. The predicted molar refractivity (Wildman–Crippen MR) is 114 cm³/mol. The number of rotatable bonds is 5. The Bertz CT molecular complexity index is 920. The highest BCUT2D eigenvalue weighted by Crippen LogP contribution is 2.34. The van der Waals surface area contributed by atoms with Gasteiger partial charge in [0.25, 0.3) is 5.69 Å². The van der Waals surface area contributed by atoms with Crippen molar-refractivity contribution in [2.45, 2.75) is 40.2 Å². The van der Waals surface area contributed by atoms with Crippen LogP contribution in [0.4, 0.5) is 5.69 Å². The number of H-pyrrole nitrogens is 1. The van der Waals surface area contributed by atoms with E-state index in [9.17, 15) is 15.2 Å². The van der Waals surface area contributed by atoms with E-state index in [2.05, 4.69) is 16.5 Å². The molecule has 7 nitrogen and oxygen atoms in total. The van der Waals surface area contributed by atoms with Gasteiger partial charge in [-0.2, -0.15) is 0 Å². The average molecular weight is 384 g/mol. The first kappa shape index (κ1) is 22.9. The molecule has 0 aliphatic carbocycles. The van der Waals surface area contributed by atoms with Crippen molar-refractivity contribution in [3.8, 4) is 11.1 Å². The first-order chi connectivity index (χ1) is 13.5. The van der Waals surface area contributed by atoms with Crippen molar-refractivity contribution in [3.63, 3.8) is 0 Å². The van der Waals surface area contributed by atoms with E-state index in [0.717, 1.165) is 11.1 Å². The number of nitrogens with zero attached hydrogens (tertiary/aromatic N) is 2. The minimum atomic E-state index is -0.677. The minimum Gasteiger partial charge on any atom is -0.511 e. The Hall–Kier alpha value is -3.19. The SMILES string of the molecule is C=C(O)C(N)Cc1c[nH]c2cc(-c3ccncc3)cc([N+](=O)[O-])c12.CC.CC. The highest BCUT2D eigenvalue weighted by molar-refractivity contribution is 5.95. The van der Waals surface area contributed by atoms with Crippen LogP contribution < -0.4 is 5.73 Å². The molecule has 0 fully saturated rings. The molecule has 0 spiro atoms. The minimum absolute atomic E-state index is 0.00804. The van der Waals surface area contributed by atoms with E-state index in [0.29, 0.717) is 16.5 Å². The molecule has 2 heterocycles. The van der Waals surface area contributed by atoms with Gasteiger partial charge >= 0.3 is 0 Å². The Morgan fingerprint density at radius 1 is 1.25 bits per heavy atom. The van der Waals surface area contributed by atoms with Crippen molar-refractivity contribution in [1.29, 1.82) is 0 Å². The lowest BCUT2D eigenvalue weighted by Gasteiger charge is -2.09. The molecule has 1 aromatic carbocycles. The molecule has 2 aromatic heterocycles. The summed E-state index contributed by atoms with van der Waals surface area (Å²) in [6, 6.07) is 6.29. The molecule has 1 unspecified atom stereocenters. The summed E-state index contributed by atoms with van der Waals surface area (Å²) >= 11 is 0. The molecule has 0 amide bonds. The summed E-state index contributed by atoms with van der Waals surface area (Å²) in [4.78, 5) is 18.1. The first-order valence-electron chi connectivity index (χ1n) is 9.29. The van der Waals surface area contributed by atoms with Crippen LogP contribution in [0.1, 0.15) is 33.3 Å². The number of aromatic amines is 1. The Morgan fingerprint density at radius 2 is 1.86 bits per heavy atom. The maximum atomic E-state index is 11.5. The van der Waals surface area contributed by atoms with E-state index >= 15 is 0 Å². The highest BCUT2D eigenvalue weighted by atomic mass is 16.6. The van der Waals surface area contributed by atoms with Gasteiger partial charge in [0.05, 0.1) is 21.9 Å². The Balaban J connectivity index is 0.000000921. The van der Waals surface area contributed by atoms with Gasteiger partial charge in [0.1, 0.15) is 5.76 Å². The number of nitrogens with two attached hydrogens (primary N) is 1. The van der Waals surface area contributed by atoms with Gasteiger partial charge in [0.15, 0.2) is 0 Å². The molecule has 150 valence electrons. The summed E-state index contributed by atoms with van der Waals surface area (Å²) in [7, 11) is 0. The van der Waals surface area contributed by atoms with Gasteiger partial charge in [-0.1, -0.05) is 34.3 Å². The van der Waals surface area contributed by atoms with Gasteiger partial charge in [-0.25, -0.2) is 0 Å². The number of aromatic nitrogens is 2. The van der Waals surface area contributed by atoms with Crippen LogP contribution in [0.3, 0.4) is 0 Å². The lowest BCUT2D eigenvalue weighted by atomic mass is 9.99. The van der Waals surface area contributed by atoms with Crippen molar-refractivity contribution in [3.05, 3.63) is 70.9 Å². The molecule has 3 rings (SSSR count). The van der Waals surface area contributed by atoms with Crippen LogP contribution in [0.5, 0.6) is 0 Å². The number of hydrogen-bond donors (Lipinski definition) is 3. The van der Waals surface area contributed by atoms with Crippen LogP contribution in [-0.4, -0.2) is 26.0 Å². The van der Waals surface area contributed by atoms with Gasteiger partial charge < -0.3 is 15.8 Å². The summed E-state index contributed by atoms with van der Waals surface area (Å²) in [6.45, 7) is 11.4. The number of nitro benzene ring substituents is 1. The zero-order chi connectivity index (χ0) is 21.3. The summed E-state index contributed by atoms with van der Waals surface area (Å²) in [5.74, 6) is -0.152. The molecular weight excluding hydrogens is 356 g/mol. The molecule has 28 heavy (non-hydrogen) atoms. The van der Waals surface area contributed by atoms with Crippen LogP contribution in [0.25, 0.3) is 22.0 Å². The zero-order valence-corrected chi connectivity index (χ0v) is 16.8. The number of fused-ring (bicyclic) bond motifs is 1. The van der Waals surface area contributed by atoms with Gasteiger partial charge in [-0.3, -0.25) is 15.1 Å². The molecule has 0 radical (unpaired) electrons. The molecule has 0 bridgehead atoms. The van der Waals surface area contributed by atoms with E-state index in [1.165, 1.54) is 6.07 Å². The zero-order valence-electron chi connectivity index (χ0n) is 16.8. The number of hydrogen-bond acceptors (Lipinski definition) is 5. The second-order valence-electron chi connectivity index (χ2n) is 5.53. The molecule has 0 saturated carbocycles. The smallest absolute Gasteiger partial charge is 0.279 e. The number of nitrogens with one attached hydrogen (secondary N) is 1. The van der Waals surface area contributed by atoms with Crippen molar-refractivity contribution in [2.75, 3.05) is 0 Å². The van der Waals surface area contributed by atoms with E-state index in [1.807, 2.05) is 33.8 Å².